The van der Waals surface area contributed by atoms with E-state index in [1.807, 2.05) is 36.4 Å². The van der Waals surface area contributed by atoms with Crippen LogP contribution in [-0.4, -0.2) is 23.0 Å². The topological polar surface area (TPSA) is 108 Å². The molecule has 0 radical (unpaired) electrons. The largest absolute Gasteiger partial charge is 0.550 e. The van der Waals surface area contributed by atoms with E-state index >= 15 is 0 Å². The molecule has 1 atom stereocenters. The van der Waals surface area contributed by atoms with Crippen LogP contribution in [0.3, 0.4) is 0 Å². The molecule has 0 saturated heterocycles. The smallest absolute Gasteiger partial charge is 0.0700 e. The average molecular weight is 310 g/mol. The second kappa shape index (κ2) is 6.00. The third-order valence-electron chi connectivity index (χ3n) is 3.79. The van der Waals surface area contributed by atoms with Crippen molar-refractivity contribution in [3.05, 3.63) is 42.5 Å². The molecule has 3 rings (SSSR count). The Kier molecular flexibility index (Phi) is 3.89. The molecule has 0 aliphatic carbocycles. The molecule has 2 N–H and O–H groups in total. The highest BCUT2D eigenvalue weighted by Crippen LogP contribution is 2.30. The Morgan fingerprint density at radius 3 is 2.52 bits per heavy atom. The second-order valence-corrected chi connectivity index (χ2v) is 5.33. The van der Waals surface area contributed by atoms with Crippen molar-refractivity contribution >= 4 is 39.4 Å². The second-order valence-electron chi connectivity index (χ2n) is 5.33. The predicted molar refractivity (Wildman–Crippen MR) is 82.5 cm³/mol. The summed E-state index contributed by atoms with van der Waals surface area (Å²) in [5, 5.41) is 26.6. The average Bonchev–Trinajstić information content (AvgIpc) is 2.90. The third-order valence-corrected chi connectivity index (χ3v) is 3.79. The van der Waals surface area contributed by atoms with Crippen molar-refractivity contribution in [3.63, 3.8) is 0 Å². The molecule has 23 heavy (non-hydrogen) atoms. The first-order valence-electron chi connectivity index (χ1n) is 7.23. The maximum absolute atomic E-state index is 11.2. The van der Waals surface area contributed by atoms with E-state index < -0.39 is 18.0 Å². The Bertz CT molecular complexity index is 885. The van der Waals surface area contributed by atoms with Crippen LogP contribution in [0.15, 0.2) is 42.5 Å². The zero-order chi connectivity index (χ0) is 16.4. The van der Waals surface area contributed by atoms with Crippen molar-refractivity contribution in [2.75, 3.05) is 5.32 Å². The monoisotopic (exact) mass is 310 g/mol. The Hall–Kier alpha value is -3.02. The fourth-order valence-electron chi connectivity index (χ4n) is 2.69. The number of aromatic nitrogens is 1. The van der Waals surface area contributed by atoms with Gasteiger partial charge < -0.3 is 30.1 Å². The normalized spacial score (nSPS) is 12.3. The van der Waals surface area contributed by atoms with Crippen molar-refractivity contribution in [1.82, 2.24) is 4.98 Å². The quantitative estimate of drug-likeness (QED) is 0.684. The molecule has 6 nitrogen and oxygen atoms in total. The molecule has 0 fully saturated rings. The molecule has 0 aliphatic heterocycles. The van der Waals surface area contributed by atoms with Gasteiger partial charge in [-0.3, -0.25) is 0 Å². The van der Waals surface area contributed by atoms with Gasteiger partial charge in [0.2, 0.25) is 0 Å². The van der Waals surface area contributed by atoms with Crippen LogP contribution >= 0.6 is 0 Å². The Labute approximate surface area is 131 Å². The van der Waals surface area contributed by atoms with E-state index in [4.69, 9.17) is 0 Å². The minimum absolute atomic E-state index is 0.110. The molecule has 118 valence electrons. The molecule has 1 unspecified atom stereocenters. The highest BCUT2D eigenvalue weighted by Gasteiger charge is 2.13. The fraction of sp³-hybridized carbons (Fsp3) is 0.176. The van der Waals surface area contributed by atoms with E-state index in [0.717, 1.165) is 21.8 Å². The lowest BCUT2D eigenvalue weighted by Crippen LogP contribution is -2.41. The van der Waals surface area contributed by atoms with E-state index in [9.17, 15) is 19.8 Å². The molecule has 3 aromatic rings. The summed E-state index contributed by atoms with van der Waals surface area (Å²) in [6.45, 7) is 0. The number of nitrogens with one attached hydrogen (secondary N) is 2. The zero-order valence-electron chi connectivity index (χ0n) is 12.2. The van der Waals surface area contributed by atoms with Crippen LogP contribution in [0.25, 0.3) is 21.8 Å². The molecule has 0 saturated carbocycles. The summed E-state index contributed by atoms with van der Waals surface area (Å²) < 4.78 is 0. The number of carbonyl (C=O) groups excluding carboxylic acids is 2. The van der Waals surface area contributed by atoms with E-state index in [-0.39, 0.29) is 12.8 Å². The summed E-state index contributed by atoms with van der Waals surface area (Å²) >= 11 is 0. The summed E-state index contributed by atoms with van der Waals surface area (Å²) in [5.74, 6) is -2.64. The highest BCUT2D eigenvalue weighted by molar-refractivity contribution is 6.11. The minimum atomic E-state index is -1.35. The lowest BCUT2D eigenvalue weighted by Gasteiger charge is -2.21. The molecule has 6 heteroatoms. The van der Waals surface area contributed by atoms with Crippen molar-refractivity contribution in [1.29, 1.82) is 0 Å². The fourth-order valence-corrected chi connectivity index (χ4v) is 2.69. The maximum Gasteiger partial charge on any atom is 0.0700 e. The summed E-state index contributed by atoms with van der Waals surface area (Å²) in [6.07, 6.45) is -0.463. The number of benzene rings is 2. The number of rotatable bonds is 6. The molecular formula is C17H14N2O4-2. The van der Waals surface area contributed by atoms with Gasteiger partial charge in [0.1, 0.15) is 0 Å². The molecule has 2 aromatic carbocycles. The van der Waals surface area contributed by atoms with Gasteiger partial charge in [-0.05, 0) is 25.0 Å². The number of carboxylic acids is 2. The Morgan fingerprint density at radius 1 is 1.04 bits per heavy atom. The van der Waals surface area contributed by atoms with Crippen molar-refractivity contribution < 1.29 is 19.8 Å². The number of fused-ring (bicyclic) bond motifs is 3. The predicted octanol–water partition coefficient (Wildman–Crippen LogP) is 0.382. The zero-order valence-corrected chi connectivity index (χ0v) is 12.2. The molecular weight excluding hydrogens is 296 g/mol. The molecule has 0 aliphatic rings. The summed E-state index contributed by atoms with van der Waals surface area (Å²) in [5.41, 5.74) is 2.30. The van der Waals surface area contributed by atoms with Crippen LogP contribution in [0, 0.1) is 0 Å². The number of carboxylic acid groups (broad SMARTS) is 2. The van der Waals surface area contributed by atoms with Crippen molar-refractivity contribution in [2.24, 2.45) is 0 Å². The summed E-state index contributed by atoms with van der Waals surface area (Å²) in [4.78, 5) is 25.0. The first kappa shape index (κ1) is 14.9. The van der Waals surface area contributed by atoms with Crippen molar-refractivity contribution in [2.45, 2.75) is 18.9 Å². The number of hydrogen-bond donors (Lipinski definition) is 2. The molecule has 1 heterocycles. The molecule has 1 aromatic heterocycles. The number of H-pyrrole nitrogens is 1. The van der Waals surface area contributed by atoms with Gasteiger partial charge in [0.05, 0.1) is 23.2 Å². The number of anilines is 1. The summed E-state index contributed by atoms with van der Waals surface area (Å²) in [7, 11) is 0. The van der Waals surface area contributed by atoms with Crippen LogP contribution < -0.4 is 15.5 Å². The first-order chi connectivity index (χ1) is 11.1. The van der Waals surface area contributed by atoms with Gasteiger partial charge in [0.25, 0.3) is 0 Å². The van der Waals surface area contributed by atoms with Gasteiger partial charge in [-0.25, -0.2) is 0 Å². The van der Waals surface area contributed by atoms with E-state index in [2.05, 4.69) is 10.3 Å². The van der Waals surface area contributed by atoms with E-state index in [1.165, 1.54) is 0 Å². The Morgan fingerprint density at radius 2 is 1.78 bits per heavy atom. The number of aromatic amines is 1. The lowest BCUT2D eigenvalue weighted by atomic mass is 10.1. The van der Waals surface area contributed by atoms with Crippen LogP contribution in [0.1, 0.15) is 12.8 Å². The standard InChI is InChI=1S/C17H16N2O4/c20-15(21)9-8-14(17(22)23)18-13-7-3-5-11-10-4-1-2-6-12(10)19-16(11)13/h1-7,14,18-19H,8-9H2,(H,20,21)(H,22,23)/p-2. The van der Waals surface area contributed by atoms with Crippen molar-refractivity contribution in [3.8, 4) is 0 Å². The van der Waals surface area contributed by atoms with Gasteiger partial charge in [0.15, 0.2) is 0 Å². The van der Waals surface area contributed by atoms with Crippen LogP contribution in [-0.2, 0) is 9.59 Å². The summed E-state index contributed by atoms with van der Waals surface area (Å²) in [6, 6.07) is 12.1. The van der Waals surface area contributed by atoms with Gasteiger partial charge in [-0.2, -0.15) is 0 Å². The first-order valence-corrected chi connectivity index (χ1v) is 7.23. The number of aliphatic carboxylic acids is 2. The third kappa shape index (κ3) is 2.96. The lowest BCUT2D eigenvalue weighted by molar-refractivity contribution is -0.308. The van der Waals surface area contributed by atoms with Crippen LogP contribution in [0.4, 0.5) is 5.69 Å². The highest BCUT2D eigenvalue weighted by atomic mass is 16.4. The van der Waals surface area contributed by atoms with Crippen LogP contribution in [0.5, 0.6) is 0 Å². The molecule has 0 amide bonds. The molecule has 0 bridgehead atoms. The van der Waals surface area contributed by atoms with Gasteiger partial charge in [0, 0.05) is 22.3 Å². The maximum atomic E-state index is 11.2. The minimum Gasteiger partial charge on any atom is -0.550 e. The number of carbonyl (C=O) groups is 2. The van der Waals surface area contributed by atoms with Gasteiger partial charge in [-0.15, -0.1) is 0 Å². The van der Waals surface area contributed by atoms with Gasteiger partial charge in [-0.1, -0.05) is 30.3 Å². The number of hydrogen-bond acceptors (Lipinski definition) is 5. The number of para-hydroxylation sites is 2. The SMILES string of the molecule is O=C([O-])CCC(Nc1cccc2c1[nH]c1ccccc12)C(=O)[O-]. The van der Waals surface area contributed by atoms with Crippen LogP contribution in [0.2, 0.25) is 0 Å². The van der Waals surface area contributed by atoms with E-state index in [0.29, 0.717) is 5.69 Å². The molecule has 0 spiro atoms. The van der Waals surface area contributed by atoms with Gasteiger partial charge >= 0.3 is 0 Å². The van der Waals surface area contributed by atoms with E-state index in [1.54, 1.807) is 6.07 Å². The Balaban J connectivity index is 1.98.